The molecule has 0 atom stereocenters. The third-order valence-electron chi connectivity index (χ3n) is 2.40. The summed E-state index contributed by atoms with van der Waals surface area (Å²) in [7, 11) is -3.72. The standard InChI is InChI=1S/C11H19N6O3PS/c1-6(2)19-21(18,20-7(3)4)9-8(12)17-10(15-14-9)13-11(16-17)22-5/h6-7H,12H2,1-5H3. The van der Waals surface area contributed by atoms with Crippen molar-refractivity contribution in [2.45, 2.75) is 45.1 Å². The van der Waals surface area contributed by atoms with Gasteiger partial charge in [-0.05, 0) is 34.0 Å². The van der Waals surface area contributed by atoms with Gasteiger partial charge in [-0.1, -0.05) is 11.8 Å². The van der Waals surface area contributed by atoms with Gasteiger partial charge in [0, 0.05) is 0 Å². The Morgan fingerprint density at radius 3 is 2.27 bits per heavy atom. The van der Waals surface area contributed by atoms with Crippen molar-refractivity contribution in [3.05, 3.63) is 0 Å². The molecule has 2 rings (SSSR count). The summed E-state index contributed by atoms with van der Waals surface area (Å²) in [6.45, 7) is 7.00. The van der Waals surface area contributed by atoms with Crippen LogP contribution in [0.4, 0.5) is 5.82 Å². The lowest BCUT2D eigenvalue weighted by Gasteiger charge is -2.22. The van der Waals surface area contributed by atoms with Crippen LogP contribution >= 0.6 is 19.4 Å². The summed E-state index contributed by atoms with van der Waals surface area (Å²) >= 11 is 1.34. The first-order chi connectivity index (χ1) is 10.3. The van der Waals surface area contributed by atoms with Gasteiger partial charge in [0.1, 0.15) is 0 Å². The molecule has 0 spiro atoms. The predicted molar refractivity (Wildman–Crippen MR) is 84.5 cm³/mol. The summed E-state index contributed by atoms with van der Waals surface area (Å²) in [5.74, 6) is 0.272. The lowest BCUT2D eigenvalue weighted by Crippen LogP contribution is -2.25. The lowest BCUT2D eigenvalue weighted by atomic mass is 10.5. The Bertz CT molecular complexity index is 705. The van der Waals surface area contributed by atoms with Crippen molar-refractivity contribution in [2.75, 3.05) is 12.0 Å². The van der Waals surface area contributed by atoms with Crippen molar-refractivity contribution in [3.63, 3.8) is 0 Å². The zero-order valence-electron chi connectivity index (χ0n) is 13.0. The highest BCUT2D eigenvalue weighted by atomic mass is 32.2. The van der Waals surface area contributed by atoms with Crippen LogP contribution in [0, 0.1) is 0 Å². The molecule has 2 aromatic rings. The average molecular weight is 346 g/mol. The van der Waals surface area contributed by atoms with E-state index in [1.54, 1.807) is 27.7 Å². The van der Waals surface area contributed by atoms with Crippen LogP contribution in [-0.4, -0.2) is 43.3 Å². The third kappa shape index (κ3) is 3.40. The SMILES string of the molecule is CSc1nc2nnc(P(=O)(OC(C)C)OC(C)C)c(N)n2n1. The second-order valence-electron chi connectivity index (χ2n) is 5.02. The number of thioether (sulfide) groups is 1. The number of anilines is 1. The molecule has 0 radical (unpaired) electrons. The highest BCUT2D eigenvalue weighted by Crippen LogP contribution is 2.49. The number of hydrogen-bond donors (Lipinski definition) is 1. The average Bonchev–Trinajstić information content (AvgIpc) is 2.80. The molecule has 22 heavy (non-hydrogen) atoms. The molecule has 0 unspecified atom stereocenters. The van der Waals surface area contributed by atoms with E-state index in [1.807, 2.05) is 6.26 Å². The first-order valence-electron chi connectivity index (χ1n) is 6.67. The minimum absolute atomic E-state index is 0.0439. The molecule has 2 heterocycles. The van der Waals surface area contributed by atoms with Gasteiger partial charge in [0.2, 0.25) is 10.6 Å². The van der Waals surface area contributed by atoms with Crippen LogP contribution in [0.2, 0.25) is 0 Å². The van der Waals surface area contributed by atoms with Crippen LogP contribution < -0.4 is 11.2 Å². The molecular formula is C11H19N6O3PS. The molecule has 2 N–H and O–H groups in total. The van der Waals surface area contributed by atoms with Crippen LogP contribution in [0.3, 0.4) is 0 Å². The van der Waals surface area contributed by atoms with E-state index in [1.165, 1.54) is 16.3 Å². The maximum Gasteiger partial charge on any atom is 0.385 e. The van der Waals surface area contributed by atoms with Crippen LogP contribution in [0.25, 0.3) is 5.78 Å². The molecule has 0 aliphatic rings. The van der Waals surface area contributed by atoms with Crippen molar-refractivity contribution < 1.29 is 13.6 Å². The van der Waals surface area contributed by atoms with Gasteiger partial charge < -0.3 is 14.8 Å². The van der Waals surface area contributed by atoms with Gasteiger partial charge in [0.25, 0.3) is 5.78 Å². The molecule has 9 nitrogen and oxygen atoms in total. The van der Waals surface area contributed by atoms with Crippen molar-refractivity contribution >= 4 is 36.4 Å². The molecule has 0 aliphatic heterocycles. The minimum Gasteiger partial charge on any atom is -0.381 e. The second-order valence-corrected chi connectivity index (χ2v) is 7.64. The van der Waals surface area contributed by atoms with E-state index in [9.17, 15) is 4.57 Å². The Labute approximate surface area is 132 Å². The summed E-state index contributed by atoms with van der Waals surface area (Å²) in [6, 6.07) is 0. The molecule has 0 aromatic carbocycles. The first kappa shape index (κ1) is 17.1. The second kappa shape index (κ2) is 6.49. The van der Waals surface area contributed by atoms with E-state index < -0.39 is 7.60 Å². The van der Waals surface area contributed by atoms with E-state index in [-0.39, 0.29) is 29.2 Å². The van der Waals surface area contributed by atoms with Crippen molar-refractivity contribution in [1.29, 1.82) is 0 Å². The van der Waals surface area contributed by atoms with Gasteiger partial charge in [-0.15, -0.1) is 15.3 Å². The van der Waals surface area contributed by atoms with E-state index in [4.69, 9.17) is 14.8 Å². The summed E-state index contributed by atoms with van der Waals surface area (Å²) < 4.78 is 25.3. The maximum atomic E-state index is 13.1. The van der Waals surface area contributed by atoms with Gasteiger partial charge in [-0.2, -0.15) is 9.50 Å². The van der Waals surface area contributed by atoms with Gasteiger partial charge in [-0.3, -0.25) is 4.57 Å². The van der Waals surface area contributed by atoms with Crippen molar-refractivity contribution in [2.24, 2.45) is 0 Å². The topological polar surface area (TPSA) is 118 Å². The van der Waals surface area contributed by atoms with Gasteiger partial charge >= 0.3 is 7.60 Å². The normalized spacial score (nSPS) is 12.7. The van der Waals surface area contributed by atoms with E-state index >= 15 is 0 Å². The van der Waals surface area contributed by atoms with Crippen molar-refractivity contribution in [1.82, 2.24) is 24.8 Å². The Hall–Kier alpha value is -1.22. The number of hydrogen-bond acceptors (Lipinski definition) is 9. The summed E-state index contributed by atoms with van der Waals surface area (Å²) in [5, 5.41) is 12.5. The van der Waals surface area contributed by atoms with Crippen molar-refractivity contribution in [3.8, 4) is 0 Å². The van der Waals surface area contributed by atoms with Gasteiger partial charge in [-0.25, -0.2) is 0 Å². The fraction of sp³-hybridized carbons (Fsp3) is 0.636. The maximum absolute atomic E-state index is 13.1. The highest BCUT2D eigenvalue weighted by molar-refractivity contribution is 7.98. The quantitative estimate of drug-likeness (QED) is 0.613. The fourth-order valence-corrected chi connectivity index (χ4v) is 3.94. The van der Waals surface area contributed by atoms with Gasteiger partial charge in [0.15, 0.2) is 5.82 Å². The molecule has 122 valence electrons. The Kier molecular flexibility index (Phi) is 5.06. The Morgan fingerprint density at radius 1 is 1.18 bits per heavy atom. The number of aromatic nitrogens is 5. The Balaban J connectivity index is 2.58. The van der Waals surface area contributed by atoms with E-state index in [0.29, 0.717) is 5.16 Å². The number of rotatable bonds is 6. The highest BCUT2D eigenvalue weighted by Gasteiger charge is 2.36. The van der Waals surface area contributed by atoms with Gasteiger partial charge in [0.05, 0.1) is 12.2 Å². The first-order valence-corrected chi connectivity index (χ1v) is 9.44. The summed E-state index contributed by atoms with van der Waals surface area (Å²) in [6.07, 6.45) is 1.16. The monoisotopic (exact) mass is 346 g/mol. The predicted octanol–water partition coefficient (Wildman–Crippen LogP) is 1.49. The Morgan fingerprint density at radius 2 is 1.77 bits per heavy atom. The lowest BCUT2D eigenvalue weighted by molar-refractivity contribution is 0.149. The molecule has 0 aliphatic carbocycles. The molecule has 0 bridgehead atoms. The zero-order valence-corrected chi connectivity index (χ0v) is 14.8. The number of nitrogens with zero attached hydrogens (tertiary/aromatic N) is 5. The number of fused-ring (bicyclic) bond motifs is 1. The third-order valence-corrected chi connectivity index (χ3v) is 5.18. The van der Waals surface area contributed by atoms with E-state index in [2.05, 4.69) is 20.3 Å². The molecule has 0 saturated carbocycles. The van der Waals surface area contributed by atoms with Crippen LogP contribution in [0.5, 0.6) is 0 Å². The minimum atomic E-state index is -3.72. The molecule has 0 amide bonds. The smallest absolute Gasteiger partial charge is 0.381 e. The molecular weight excluding hydrogens is 327 g/mol. The molecule has 0 saturated heterocycles. The van der Waals surface area contributed by atoms with Crippen LogP contribution in [-0.2, 0) is 13.6 Å². The number of nitrogen functional groups attached to an aromatic ring is 1. The fourth-order valence-electron chi connectivity index (χ4n) is 1.71. The summed E-state index contributed by atoms with van der Waals surface area (Å²) in [5.41, 5.74) is 5.99. The largest absolute Gasteiger partial charge is 0.385 e. The molecule has 0 fully saturated rings. The zero-order chi connectivity index (χ0) is 16.5. The molecule has 2 aromatic heterocycles. The number of nitrogens with two attached hydrogens (primary N) is 1. The van der Waals surface area contributed by atoms with E-state index in [0.717, 1.165) is 0 Å². The van der Waals surface area contributed by atoms with Crippen LogP contribution in [0.1, 0.15) is 27.7 Å². The summed E-state index contributed by atoms with van der Waals surface area (Å²) in [4.78, 5) is 4.13. The molecule has 11 heteroatoms. The van der Waals surface area contributed by atoms with Crippen LogP contribution in [0.15, 0.2) is 5.16 Å².